The lowest BCUT2D eigenvalue weighted by atomic mass is 10.1. The van der Waals surface area contributed by atoms with Gasteiger partial charge in [0.15, 0.2) is 0 Å². The summed E-state index contributed by atoms with van der Waals surface area (Å²) in [5.41, 5.74) is 6.73. The number of methoxy groups -OCH3 is 2. The van der Waals surface area contributed by atoms with Crippen molar-refractivity contribution in [2.45, 2.75) is 25.8 Å². The Bertz CT molecular complexity index is 512. The van der Waals surface area contributed by atoms with Gasteiger partial charge in [0.25, 0.3) is 0 Å². The van der Waals surface area contributed by atoms with Crippen molar-refractivity contribution in [3.63, 3.8) is 0 Å². The first-order valence-electron chi connectivity index (χ1n) is 8.02. The number of nitrogens with zero attached hydrogens (tertiary/aromatic N) is 1. The Morgan fingerprint density at radius 1 is 1.35 bits per heavy atom. The Morgan fingerprint density at radius 2 is 2.00 bits per heavy atom. The van der Waals surface area contributed by atoms with Gasteiger partial charge in [-0.15, -0.1) is 0 Å². The number of carbonyl (C=O) groups is 1. The van der Waals surface area contributed by atoms with Gasteiger partial charge in [0, 0.05) is 56.0 Å². The molecule has 1 aromatic rings. The van der Waals surface area contributed by atoms with Gasteiger partial charge in [0.2, 0.25) is 5.91 Å². The first-order valence-corrected chi connectivity index (χ1v) is 8.02. The van der Waals surface area contributed by atoms with Gasteiger partial charge in [-0.3, -0.25) is 4.79 Å². The minimum Gasteiger partial charge on any atom is -0.497 e. The second kappa shape index (κ2) is 8.06. The average Bonchev–Trinajstić information content (AvgIpc) is 3.00. The van der Waals surface area contributed by atoms with Crippen LogP contribution in [0.25, 0.3) is 0 Å². The largest absolute Gasteiger partial charge is 0.497 e. The van der Waals surface area contributed by atoms with E-state index in [1.54, 1.807) is 14.2 Å². The molecular weight excluding hydrogens is 294 g/mol. The molecule has 6 heteroatoms. The van der Waals surface area contributed by atoms with Crippen LogP contribution in [0.5, 0.6) is 11.5 Å². The fraction of sp³-hybridized carbons (Fsp3) is 0.588. The maximum absolute atomic E-state index is 11.7. The lowest BCUT2D eigenvalue weighted by Gasteiger charge is -2.20. The Morgan fingerprint density at radius 3 is 2.57 bits per heavy atom. The number of anilines is 1. The maximum Gasteiger partial charge on any atom is 0.221 e. The molecule has 1 heterocycles. The van der Waals surface area contributed by atoms with E-state index in [1.165, 1.54) is 0 Å². The van der Waals surface area contributed by atoms with E-state index in [0.29, 0.717) is 18.9 Å². The average molecular weight is 321 g/mol. The first-order chi connectivity index (χ1) is 11.0. The lowest BCUT2D eigenvalue weighted by molar-refractivity contribution is -0.121. The van der Waals surface area contributed by atoms with Crippen molar-refractivity contribution in [3.8, 4) is 11.5 Å². The van der Waals surface area contributed by atoms with Crippen LogP contribution in [-0.2, 0) is 4.79 Å². The molecule has 0 saturated carbocycles. The Balaban J connectivity index is 1.91. The standard InChI is InChI=1S/C17H27N3O3/c1-12(18)6-17(21)19-10-13-4-5-20(11-13)14-7-15(22-2)9-16(8-14)23-3/h7-9,12-13H,4-6,10-11,18H2,1-3H3,(H,19,21). The topological polar surface area (TPSA) is 76.8 Å². The van der Waals surface area contributed by atoms with E-state index < -0.39 is 0 Å². The number of nitrogens with two attached hydrogens (primary N) is 1. The van der Waals surface area contributed by atoms with E-state index in [4.69, 9.17) is 15.2 Å². The highest BCUT2D eigenvalue weighted by Gasteiger charge is 2.24. The summed E-state index contributed by atoms with van der Waals surface area (Å²) in [6.45, 7) is 4.41. The van der Waals surface area contributed by atoms with Gasteiger partial charge in [0.05, 0.1) is 14.2 Å². The molecule has 0 radical (unpaired) electrons. The Labute approximate surface area is 137 Å². The number of benzene rings is 1. The van der Waals surface area contributed by atoms with Gasteiger partial charge in [-0.1, -0.05) is 0 Å². The van der Waals surface area contributed by atoms with Crippen LogP contribution >= 0.6 is 0 Å². The number of hydrogen-bond acceptors (Lipinski definition) is 5. The highest BCUT2D eigenvalue weighted by molar-refractivity contribution is 5.76. The van der Waals surface area contributed by atoms with Crippen molar-refractivity contribution in [2.75, 3.05) is 38.8 Å². The van der Waals surface area contributed by atoms with E-state index in [2.05, 4.69) is 10.2 Å². The second-order valence-corrected chi connectivity index (χ2v) is 6.16. The van der Waals surface area contributed by atoms with E-state index >= 15 is 0 Å². The van der Waals surface area contributed by atoms with Crippen molar-refractivity contribution in [1.82, 2.24) is 5.32 Å². The van der Waals surface area contributed by atoms with Gasteiger partial charge in [-0.05, 0) is 19.3 Å². The van der Waals surface area contributed by atoms with Gasteiger partial charge < -0.3 is 25.4 Å². The third-order valence-electron chi connectivity index (χ3n) is 4.08. The monoisotopic (exact) mass is 321 g/mol. The summed E-state index contributed by atoms with van der Waals surface area (Å²) in [4.78, 5) is 14.0. The van der Waals surface area contributed by atoms with E-state index in [9.17, 15) is 4.79 Å². The van der Waals surface area contributed by atoms with Crippen LogP contribution in [0, 0.1) is 5.92 Å². The molecule has 0 aliphatic carbocycles. The van der Waals surface area contributed by atoms with E-state index in [0.717, 1.165) is 36.7 Å². The zero-order valence-electron chi connectivity index (χ0n) is 14.2. The first kappa shape index (κ1) is 17.4. The predicted octanol–water partition coefficient (Wildman–Crippen LogP) is 1.38. The third-order valence-corrected chi connectivity index (χ3v) is 4.08. The fourth-order valence-electron chi connectivity index (χ4n) is 2.83. The molecule has 2 unspecified atom stereocenters. The maximum atomic E-state index is 11.7. The van der Waals surface area contributed by atoms with Crippen LogP contribution in [0.1, 0.15) is 19.8 Å². The zero-order valence-corrected chi connectivity index (χ0v) is 14.2. The summed E-state index contributed by atoms with van der Waals surface area (Å²) in [6, 6.07) is 5.80. The lowest BCUT2D eigenvalue weighted by Crippen LogP contribution is -2.34. The van der Waals surface area contributed by atoms with Crippen molar-refractivity contribution >= 4 is 11.6 Å². The van der Waals surface area contributed by atoms with Crippen LogP contribution in [-0.4, -0.2) is 45.8 Å². The minimum atomic E-state index is -0.0978. The summed E-state index contributed by atoms with van der Waals surface area (Å²) >= 11 is 0. The number of ether oxygens (including phenoxy) is 2. The molecule has 1 aliphatic heterocycles. The zero-order chi connectivity index (χ0) is 16.8. The van der Waals surface area contributed by atoms with Crippen LogP contribution < -0.4 is 25.4 Å². The molecular formula is C17H27N3O3. The van der Waals surface area contributed by atoms with Crippen molar-refractivity contribution < 1.29 is 14.3 Å². The second-order valence-electron chi connectivity index (χ2n) is 6.16. The van der Waals surface area contributed by atoms with Crippen LogP contribution in [0.3, 0.4) is 0 Å². The molecule has 0 aromatic heterocycles. The number of nitrogens with one attached hydrogen (secondary N) is 1. The van der Waals surface area contributed by atoms with Crippen molar-refractivity contribution in [1.29, 1.82) is 0 Å². The number of carbonyl (C=O) groups excluding carboxylic acids is 1. The van der Waals surface area contributed by atoms with Gasteiger partial charge >= 0.3 is 0 Å². The van der Waals surface area contributed by atoms with Gasteiger partial charge in [-0.25, -0.2) is 0 Å². The minimum absolute atomic E-state index is 0.0292. The van der Waals surface area contributed by atoms with Crippen molar-refractivity contribution in [2.24, 2.45) is 11.7 Å². The summed E-state index contributed by atoms with van der Waals surface area (Å²) in [5, 5.41) is 2.98. The molecule has 2 rings (SSSR count). The smallest absolute Gasteiger partial charge is 0.221 e. The van der Waals surface area contributed by atoms with Crippen LogP contribution in [0.4, 0.5) is 5.69 Å². The molecule has 128 valence electrons. The molecule has 0 spiro atoms. The Hall–Kier alpha value is -1.95. The number of rotatable bonds is 7. The van der Waals surface area contributed by atoms with Crippen LogP contribution in [0.15, 0.2) is 18.2 Å². The highest BCUT2D eigenvalue weighted by atomic mass is 16.5. The molecule has 1 aliphatic rings. The quantitative estimate of drug-likeness (QED) is 0.793. The van der Waals surface area contributed by atoms with E-state index in [-0.39, 0.29) is 11.9 Å². The molecule has 1 aromatic carbocycles. The van der Waals surface area contributed by atoms with E-state index in [1.807, 2.05) is 25.1 Å². The molecule has 6 nitrogen and oxygen atoms in total. The molecule has 0 bridgehead atoms. The Kier molecular flexibility index (Phi) is 6.10. The molecule has 23 heavy (non-hydrogen) atoms. The highest BCUT2D eigenvalue weighted by Crippen LogP contribution is 2.31. The molecule has 1 fully saturated rings. The normalized spacial score (nSPS) is 18.6. The number of amides is 1. The van der Waals surface area contributed by atoms with Crippen molar-refractivity contribution in [3.05, 3.63) is 18.2 Å². The molecule has 1 saturated heterocycles. The van der Waals surface area contributed by atoms with Gasteiger partial charge in [0.1, 0.15) is 11.5 Å². The summed E-state index contributed by atoms with van der Waals surface area (Å²) in [5.74, 6) is 2.05. The van der Waals surface area contributed by atoms with Crippen LogP contribution in [0.2, 0.25) is 0 Å². The molecule has 2 atom stereocenters. The fourth-order valence-corrected chi connectivity index (χ4v) is 2.83. The predicted molar refractivity (Wildman–Crippen MR) is 91.1 cm³/mol. The molecule has 3 N–H and O–H groups in total. The number of hydrogen-bond donors (Lipinski definition) is 2. The third kappa shape index (κ3) is 5.03. The summed E-state index contributed by atoms with van der Waals surface area (Å²) in [6.07, 6.45) is 1.43. The summed E-state index contributed by atoms with van der Waals surface area (Å²) in [7, 11) is 3.30. The SMILES string of the molecule is COc1cc(OC)cc(N2CCC(CNC(=O)CC(C)N)C2)c1. The van der Waals surface area contributed by atoms with Gasteiger partial charge in [-0.2, -0.15) is 0 Å². The summed E-state index contributed by atoms with van der Waals surface area (Å²) < 4.78 is 10.6. The molecule has 1 amide bonds.